The van der Waals surface area contributed by atoms with E-state index in [9.17, 15) is 9.90 Å². The van der Waals surface area contributed by atoms with Crippen molar-refractivity contribution in [1.82, 2.24) is 9.55 Å². The number of pyridine rings is 2. The van der Waals surface area contributed by atoms with Crippen LogP contribution in [0.15, 0.2) is 94.3 Å². The van der Waals surface area contributed by atoms with E-state index in [4.69, 9.17) is 4.74 Å². The van der Waals surface area contributed by atoms with E-state index in [1.807, 2.05) is 50.4 Å². The van der Waals surface area contributed by atoms with Gasteiger partial charge in [-0.15, -0.1) is 0 Å². The van der Waals surface area contributed by atoms with Gasteiger partial charge in [-0.25, -0.2) is 4.98 Å². The number of nitrogens with zero attached hydrogens (tertiary/aromatic N) is 2. The highest BCUT2D eigenvalue weighted by Crippen LogP contribution is 2.29. The van der Waals surface area contributed by atoms with E-state index in [2.05, 4.69) is 18.1 Å². The van der Waals surface area contributed by atoms with Gasteiger partial charge in [-0.2, -0.15) is 0 Å². The molecule has 0 saturated heterocycles. The molecule has 0 saturated carbocycles. The van der Waals surface area contributed by atoms with Gasteiger partial charge in [-0.05, 0) is 42.7 Å². The van der Waals surface area contributed by atoms with Crippen molar-refractivity contribution >= 4 is 21.9 Å². The number of rotatable bonds is 10. The Morgan fingerprint density at radius 3 is 2.61 bits per heavy atom. The lowest BCUT2D eigenvalue weighted by Crippen LogP contribution is -2.29. The molecule has 3 rings (SSSR count). The van der Waals surface area contributed by atoms with Crippen molar-refractivity contribution in [3.05, 3.63) is 101 Å². The third kappa shape index (κ3) is 5.64. The number of allylic oxidation sites excluding steroid dienone is 2. The first-order valence-corrected chi connectivity index (χ1v) is 12.6. The topological polar surface area (TPSA) is 64.3 Å². The minimum Gasteiger partial charge on any atom is -0.503 e. The second kappa shape index (κ2) is 11.2. The zero-order valence-electron chi connectivity index (χ0n) is 19.5. The van der Waals surface area contributed by atoms with Crippen LogP contribution in [-0.2, 0) is 22.2 Å². The van der Waals surface area contributed by atoms with Crippen LogP contribution in [-0.4, -0.2) is 39.9 Å². The van der Waals surface area contributed by atoms with Crippen molar-refractivity contribution < 1.29 is 9.84 Å². The van der Waals surface area contributed by atoms with Gasteiger partial charge in [0.15, 0.2) is 5.75 Å². The second-order valence-corrected chi connectivity index (χ2v) is 10.1. The maximum atomic E-state index is 13.5. The normalized spacial score (nSPS) is 12.9. The average molecular weight is 464 g/mol. The fraction of sp³-hybridized carbons (Fsp3) is 0.259. The molecule has 0 spiro atoms. The monoisotopic (exact) mass is 463 g/mol. The Kier molecular flexibility index (Phi) is 8.31. The van der Waals surface area contributed by atoms with E-state index in [0.717, 1.165) is 22.3 Å². The van der Waals surface area contributed by atoms with Crippen molar-refractivity contribution in [2.24, 2.45) is 0 Å². The van der Waals surface area contributed by atoms with Crippen LogP contribution in [0.4, 0.5) is 0 Å². The van der Waals surface area contributed by atoms with Crippen molar-refractivity contribution in [1.29, 1.82) is 0 Å². The molecule has 2 aromatic heterocycles. The van der Waals surface area contributed by atoms with Crippen LogP contribution in [0.5, 0.6) is 5.75 Å². The first kappa shape index (κ1) is 24.6. The van der Waals surface area contributed by atoms with Crippen molar-refractivity contribution in [2.75, 3.05) is 25.2 Å². The van der Waals surface area contributed by atoms with Gasteiger partial charge in [0.2, 0.25) is 0 Å². The Labute approximate surface area is 198 Å². The minimum absolute atomic E-state index is 0.0169. The molecule has 0 aliphatic heterocycles. The molecule has 1 unspecified atom stereocenters. The van der Waals surface area contributed by atoms with Crippen LogP contribution in [0, 0.1) is 0 Å². The maximum absolute atomic E-state index is 13.5. The van der Waals surface area contributed by atoms with Gasteiger partial charge in [0.25, 0.3) is 4.90 Å². The standard InChI is InChI=1S/C27H30N2O3S/c1-6-20(4)23(19(2)3)18-32-15-16-33(5)25-24(30)22-13-10-14-28-26(22)29(27(25)31)17-21-11-8-7-9-12-21/h6-14H,1-2,15-18H2,3-5H3/p+1/b23-20-. The third-order valence-electron chi connectivity index (χ3n) is 5.56. The van der Waals surface area contributed by atoms with Gasteiger partial charge in [-0.1, -0.05) is 55.1 Å². The molecule has 0 aliphatic rings. The Balaban J connectivity index is 1.87. The summed E-state index contributed by atoms with van der Waals surface area (Å²) < 4.78 is 7.56. The summed E-state index contributed by atoms with van der Waals surface area (Å²) in [5.41, 5.74) is 4.30. The highest BCUT2D eigenvalue weighted by atomic mass is 32.2. The number of ether oxygens (including phenoxy) is 1. The van der Waals surface area contributed by atoms with E-state index in [1.54, 1.807) is 29.0 Å². The second-order valence-electron chi connectivity index (χ2n) is 7.97. The van der Waals surface area contributed by atoms with Crippen LogP contribution in [0.3, 0.4) is 0 Å². The summed E-state index contributed by atoms with van der Waals surface area (Å²) in [5.74, 6) is 0.638. The van der Waals surface area contributed by atoms with Crippen LogP contribution in [0.1, 0.15) is 19.4 Å². The molecule has 5 nitrogen and oxygen atoms in total. The molecule has 0 bridgehead atoms. The van der Waals surface area contributed by atoms with Gasteiger partial charge in [0.1, 0.15) is 17.7 Å². The van der Waals surface area contributed by atoms with Crippen LogP contribution in [0.2, 0.25) is 0 Å². The molecule has 1 aromatic carbocycles. The predicted octanol–water partition coefficient (Wildman–Crippen LogP) is 4.85. The molecule has 1 N–H and O–H groups in total. The Bertz CT molecular complexity index is 1250. The number of aromatic hydroxyl groups is 1. The molecule has 33 heavy (non-hydrogen) atoms. The van der Waals surface area contributed by atoms with Gasteiger partial charge < -0.3 is 9.84 Å². The summed E-state index contributed by atoms with van der Waals surface area (Å²) >= 11 is 0. The molecule has 2 heterocycles. The number of hydrogen-bond acceptors (Lipinski definition) is 4. The van der Waals surface area contributed by atoms with E-state index in [-0.39, 0.29) is 11.3 Å². The van der Waals surface area contributed by atoms with Crippen molar-refractivity contribution in [3.8, 4) is 5.75 Å². The lowest BCUT2D eigenvalue weighted by atomic mass is 10.0. The molecule has 0 amide bonds. The lowest BCUT2D eigenvalue weighted by molar-refractivity contribution is 0.174. The van der Waals surface area contributed by atoms with Crippen LogP contribution < -0.4 is 5.56 Å². The molecule has 0 fully saturated rings. The van der Waals surface area contributed by atoms with Gasteiger partial charge >= 0.3 is 5.56 Å². The van der Waals surface area contributed by atoms with E-state index >= 15 is 0 Å². The summed E-state index contributed by atoms with van der Waals surface area (Å²) in [4.78, 5) is 18.3. The summed E-state index contributed by atoms with van der Waals surface area (Å²) in [5, 5.41) is 11.6. The Hall–Kier alpha value is -3.09. The fourth-order valence-corrected chi connectivity index (χ4v) is 5.04. The van der Waals surface area contributed by atoms with E-state index in [0.29, 0.717) is 41.4 Å². The van der Waals surface area contributed by atoms with Crippen LogP contribution >= 0.6 is 0 Å². The minimum atomic E-state index is -0.514. The highest BCUT2D eigenvalue weighted by Gasteiger charge is 2.29. The average Bonchev–Trinajstić information content (AvgIpc) is 2.81. The van der Waals surface area contributed by atoms with E-state index in [1.165, 1.54) is 0 Å². The van der Waals surface area contributed by atoms with Crippen molar-refractivity contribution in [3.63, 3.8) is 0 Å². The molecule has 0 aliphatic carbocycles. The Morgan fingerprint density at radius 2 is 1.94 bits per heavy atom. The number of benzene rings is 1. The molecule has 172 valence electrons. The molecular formula is C27H31N2O3S+. The summed E-state index contributed by atoms with van der Waals surface area (Å²) in [6, 6.07) is 13.4. The van der Waals surface area contributed by atoms with Gasteiger partial charge in [0.05, 0.1) is 25.1 Å². The van der Waals surface area contributed by atoms with Crippen molar-refractivity contribution in [2.45, 2.75) is 25.3 Å². The zero-order valence-corrected chi connectivity index (χ0v) is 20.3. The molecule has 3 aromatic rings. The first-order chi connectivity index (χ1) is 15.8. The molecule has 0 radical (unpaired) electrons. The highest BCUT2D eigenvalue weighted by molar-refractivity contribution is 7.96. The van der Waals surface area contributed by atoms with Crippen LogP contribution in [0.25, 0.3) is 11.0 Å². The SMILES string of the molecule is C=C/C(C)=C(/COCC[S+](C)c1c(O)c2cccnc2n(Cc2ccccc2)c1=O)C(=C)C. The number of hydrogen-bond donors (Lipinski definition) is 1. The van der Waals surface area contributed by atoms with E-state index < -0.39 is 10.9 Å². The maximum Gasteiger partial charge on any atom is 0.311 e. The smallest absolute Gasteiger partial charge is 0.311 e. The first-order valence-electron chi connectivity index (χ1n) is 10.8. The lowest BCUT2D eigenvalue weighted by Gasteiger charge is -2.14. The molecule has 6 heteroatoms. The quantitative estimate of drug-likeness (QED) is 0.265. The number of fused-ring (bicyclic) bond motifs is 1. The third-order valence-corrected chi connectivity index (χ3v) is 7.41. The summed E-state index contributed by atoms with van der Waals surface area (Å²) in [7, 11) is -0.514. The predicted molar refractivity (Wildman–Crippen MR) is 138 cm³/mol. The largest absolute Gasteiger partial charge is 0.503 e. The fourth-order valence-electron chi connectivity index (χ4n) is 3.62. The summed E-state index contributed by atoms with van der Waals surface area (Å²) in [6.07, 6.45) is 5.41. The van der Waals surface area contributed by atoms with Gasteiger partial charge in [-0.3, -0.25) is 9.36 Å². The Morgan fingerprint density at radius 1 is 1.21 bits per heavy atom. The molecule has 1 atom stereocenters. The van der Waals surface area contributed by atoms with Gasteiger partial charge in [0, 0.05) is 17.1 Å². The zero-order chi connectivity index (χ0) is 24.0. The molecular weight excluding hydrogens is 432 g/mol. The number of aromatic nitrogens is 2. The summed E-state index contributed by atoms with van der Waals surface area (Å²) in [6.45, 7) is 13.1.